The number of carbonyl (C=O) groups excluding carboxylic acids is 2. The first-order valence-electron chi connectivity index (χ1n) is 7.47. The number of carbonyl (C=O) groups is 2. The summed E-state index contributed by atoms with van der Waals surface area (Å²) in [7, 11) is 0. The number of nitrogens with one attached hydrogen (secondary N) is 1. The lowest BCUT2D eigenvalue weighted by molar-refractivity contribution is -0.128. The Morgan fingerprint density at radius 2 is 2.00 bits per heavy atom. The molecule has 1 heterocycles. The summed E-state index contributed by atoms with van der Waals surface area (Å²) in [5.74, 6) is -0.362. The van der Waals surface area contributed by atoms with Gasteiger partial charge in [0.25, 0.3) is 5.91 Å². The van der Waals surface area contributed by atoms with Gasteiger partial charge in [0.05, 0.1) is 0 Å². The minimum absolute atomic E-state index is 0.159. The van der Waals surface area contributed by atoms with Crippen LogP contribution in [0.15, 0.2) is 48.5 Å². The normalized spacial score (nSPS) is 17.7. The van der Waals surface area contributed by atoms with Crippen molar-refractivity contribution >= 4 is 23.4 Å². The first kappa shape index (κ1) is 15.6. The molecule has 1 aliphatic rings. The van der Waals surface area contributed by atoms with E-state index in [0.717, 1.165) is 5.56 Å². The van der Waals surface area contributed by atoms with E-state index in [1.165, 1.54) is 0 Å². The molecule has 0 aliphatic carbocycles. The van der Waals surface area contributed by atoms with Crippen LogP contribution in [-0.2, 0) is 4.79 Å². The molecule has 1 saturated heterocycles. The molecule has 118 valence electrons. The van der Waals surface area contributed by atoms with E-state index in [1.807, 2.05) is 31.2 Å². The standard InChI is InChI=1S/C18H17ClN2O2/c1-12-5-4-6-13(11-12)18(23)21-10-9-20-17(22)16(21)14-7-2-3-8-15(14)19/h2-8,11,16H,9-10H2,1H3,(H,20,22). The second-order valence-electron chi connectivity index (χ2n) is 5.58. The molecule has 4 nitrogen and oxygen atoms in total. The van der Waals surface area contributed by atoms with Gasteiger partial charge < -0.3 is 10.2 Å². The largest absolute Gasteiger partial charge is 0.352 e. The Morgan fingerprint density at radius 1 is 1.22 bits per heavy atom. The number of piperazine rings is 1. The van der Waals surface area contributed by atoms with Crippen molar-refractivity contribution in [2.45, 2.75) is 13.0 Å². The second-order valence-corrected chi connectivity index (χ2v) is 5.99. The molecule has 0 spiro atoms. The lowest BCUT2D eigenvalue weighted by atomic mass is 10.0. The molecular formula is C18H17ClN2O2. The van der Waals surface area contributed by atoms with E-state index in [0.29, 0.717) is 29.2 Å². The number of hydrogen-bond donors (Lipinski definition) is 1. The van der Waals surface area contributed by atoms with Gasteiger partial charge in [0.15, 0.2) is 0 Å². The summed E-state index contributed by atoms with van der Waals surface area (Å²) in [5.41, 5.74) is 2.23. The minimum atomic E-state index is -0.703. The van der Waals surface area contributed by atoms with E-state index in [1.54, 1.807) is 29.2 Å². The van der Waals surface area contributed by atoms with E-state index in [2.05, 4.69) is 5.32 Å². The highest BCUT2D eigenvalue weighted by molar-refractivity contribution is 6.31. The van der Waals surface area contributed by atoms with Gasteiger partial charge in [-0.25, -0.2) is 0 Å². The third kappa shape index (κ3) is 3.08. The quantitative estimate of drug-likeness (QED) is 0.921. The third-order valence-corrected chi connectivity index (χ3v) is 4.28. The molecule has 0 bridgehead atoms. The zero-order valence-electron chi connectivity index (χ0n) is 12.8. The lowest BCUT2D eigenvalue weighted by Crippen LogP contribution is -2.52. The fourth-order valence-corrected chi connectivity index (χ4v) is 3.07. The van der Waals surface area contributed by atoms with E-state index in [4.69, 9.17) is 11.6 Å². The van der Waals surface area contributed by atoms with Crippen LogP contribution < -0.4 is 5.32 Å². The SMILES string of the molecule is Cc1cccc(C(=O)N2CCNC(=O)C2c2ccccc2Cl)c1. The van der Waals surface area contributed by atoms with Crippen molar-refractivity contribution in [3.63, 3.8) is 0 Å². The molecule has 1 atom stereocenters. The molecule has 2 aromatic rings. The zero-order valence-corrected chi connectivity index (χ0v) is 13.5. The molecule has 2 amide bonds. The first-order valence-corrected chi connectivity index (χ1v) is 7.85. The zero-order chi connectivity index (χ0) is 16.4. The van der Waals surface area contributed by atoms with Crippen LogP contribution in [0.2, 0.25) is 5.02 Å². The molecule has 23 heavy (non-hydrogen) atoms. The average molecular weight is 329 g/mol. The fraction of sp³-hybridized carbons (Fsp3) is 0.222. The van der Waals surface area contributed by atoms with Crippen LogP contribution >= 0.6 is 11.6 Å². The van der Waals surface area contributed by atoms with Crippen molar-refractivity contribution < 1.29 is 9.59 Å². The summed E-state index contributed by atoms with van der Waals surface area (Å²) in [5, 5.41) is 3.30. The number of nitrogens with zero attached hydrogens (tertiary/aromatic N) is 1. The molecule has 0 saturated carbocycles. The topological polar surface area (TPSA) is 49.4 Å². The number of halogens is 1. The van der Waals surface area contributed by atoms with Gasteiger partial charge in [-0.1, -0.05) is 47.5 Å². The smallest absolute Gasteiger partial charge is 0.254 e. The highest BCUT2D eigenvalue weighted by Gasteiger charge is 2.35. The Hall–Kier alpha value is -2.33. The van der Waals surface area contributed by atoms with E-state index < -0.39 is 6.04 Å². The molecule has 1 unspecified atom stereocenters. The molecule has 3 rings (SSSR count). The van der Waals surface area contributed by atoms with Crippen LogP contribution in [0.4, 0.5) is 0 Å². The van der Waals surface area contributed by atoms with E-state index in [-0.39, 0.29) is 11.8 Å². The van der Waals surface area contributed by atoms with Crippen molar-refractivity contribution in [1.82, 2.24) is 10.2 Å². The predicted molar refractivity (Wildman–Crippen MR) is 89.4 cm³/mol. The highest BCUT2D eigenvalue weighted by Crippen LogP contribution is 2.30. The number of benzene rings is 2. The molecule has 1 fully saturated rings. The molecule has 0 aromatic heterocycles. The molecule has 1 N–H and O–H groups in total. The lowest BCUT2D eigenvalue weighted by Gasteiger charge is -2.35. The number of rotatable bonds is 2. The maximum absolute atomic E-state index is 12.9. The Balaban J connectivity index is 2.00. The maximum atomic E-state index is 12.9. The second kappa shape index (κ2) is 6.42. The number of amides is 2. The Morgan fingerprint density at radius 3 is 2.74 bits per heavy atom. The van der Waals surface area contributed by atoms with Gasteiger partial charge in [-0.3, -0.25) is 9.59 Å². The van der Waals surface area contributed by atoms with Gasteiger partial charge in [-0.2, -0.15) is 0 Å². The Kier molecular flexibility index (Phi) is 4.35. The minimum Gasteiger partial charge on any atom is -0.352 e. The Bertz CT molecular complexity index is 760. The monoisotopic (exact) mass is 328 g/mol. The first-order chi connectivity index (χ1) is 11.1. The summed E-state index contributed by atoms with van der Waals surface area (Å²) >= 11 is 6.25. The summed E-state index contributed by atoms with van der Waals surface area (Å²) in [4.78, 5) is 26.9. The van der Waals surface area contributed by atoms with Gasteiger partial charge in [0.2, 0.25) is 5.91 Å². The van der Waals surface area contributed by atoms with Crippen LogP contribution in [0, 0.1) is 6.92 Å². The van der Waals surface area contributed by atoms with E-state index in [9.17, 15) is 9.59 Å². The predicted octanol–water partition coefficient (Wildman–Crippen LogP) is 2.96. The fourth-order valence-electron chi connectivity index (χ4n) is 2.84. The van der Waals surface area contributed by atoms with Gasteiger partial charge in [0.1, 0.15) is 6.04 Å². The van der Waals surface area contributed by atoms with Crippen LogP contribution in [0.1, 0.15) is 27.5 Å². The molecule has 1 aliphatic heterocycles. The van der Waals surface area contributed by atoms with Crippen LogP contribution in [0.5, 0.6) is 0 Å². The van der Waals surface area contributed by atoms with Crippen LogP contribution in [0.25, 0.3) is 0 Å². The summed E-state index contributed by atoms with van der Waals surface area (Å²) in [6.45, 7) is 2.83. The van der Waals surface area contributed by atoms with Gasteiger partial charge in [-0.05, 0) is 25.1 Å². The van der Waals surface area contributed by atoms with Crippen molar-refractivity contribution in [3.8, 4) is 0 Å². The van der Waals surface area contributed by atoms with Crippen molar-refractivity contribution in [2.75, 3.05) is 13.1 Å². The Labute approximate surface area is 140 Å². The molecular weight excluding hydrogens is 312 g/mol. The third-order valence-electron chi connectivity index (χ3n) is 3.94. The average Bonchev–Trinajstić information content (AvgIpc) is 2.55. The van der Waals surface area contributed by atoms with Crippen molar-refractivity contribution in [3.05, 3.63) is 70.2 Å². The summed E-state index contributed by atoms with van der Waals surface area (Å²) < 4.78 is 0. The maximum Gasteiger partial charge on any atom is 0.254 e. The summed E-state index contributed by atoms with van der Waals surface area (Å²) in [6, 6.07) is 13.8. The molecule has 0 radical (unpaired) electrons. The summed E-state index contributed by atoms with van der Waals surface area (Å²) in [6.07, 6.45) is 0. The van der Waals surface area contributed by atoms with Gasteiger partial charge in [-0.15, -0.1) is 0 Å². The van der Waals surface area contributed by atoms with Crippen molar-refractivity contribution in [1.29, 1.82) is 0 Å². The van der Waals surface area contributed by atoms with Crippen molar-refractivity contribution in [2.24, 2.45) is 0 Å². The van der Waals surface area contributed by atoms with Gasteiger partial charge >= 0.3 is 0 Å². The molecule has 5 heteroatoms. The van der Waals surface area contributed by atoms with Gasteiger partial charge in [0, 0.05) is 29.2 Å². The number of hydrogen-bond acceptors (Lipinski definition) is 2. The number of aryl methyl sites for hydroxylation is 1. The molecule has 2 aromatic carbocycles. The van der Waals surface area contributed by atoms with Crippen LogP contribution in [0.3, 0.4) is 0 Å². The highest BCUT2D eigenvalue weighted by atomic mass is 35.5. The van der Waals surface area contributed by atoms with E-state index >= 15 is 0 Å². The van der Waals surface area contributed by atoms with Crippen LogP contribution in [-0.4, -0.2) is 29.8 Å².